The Labute approximate surface area is 209 Å². The molecule has 37 heavy (non-hydrogen) atoms. The Kier molecular flexibility index (Phi) is 6.86. The molecule has 4 aromatic rings. The third-order valence-electron chi connectivity index (χ3n) is 6.44. The molecule has 4 heterocycles. The maximum Gasteiger partial charge on any atom is 0.280 e. The minimum Gasteiger partial charge on any atom is -0.479 e. The van der Waals surface area contributed by atoms with Crippen LogP contribution in [0.25, 0.3) is 27.7 Å². The summed E-state index contributed by atoms with van der Waals surface area (Å²) in [5.41, 5.74) is 1.88. The molecule has 198 valence electrons. The first-order valence-corrected chi connectivity index (χ1v) is 11.7. The molecule has 1 fully saturated rings. The second-order valence-corrected chi connectivity index (χ2v) is 8.81. The number of piperidine rings is 1. The average Bonchev–Trinajstić information content (AvgIpc) is 3.43. The maximum absolute atomic E-state index is 15.2. The van der Waals surface area contributed by atoms with Crippen LogP contribution < -0.4 is 10.1 Å². The van der Waals surface area contributed by atoms with E-state index in [1.165, 1.54) is 23.4 Å². The number of hydrogen-bond acceptors (Lipinski definition) is 8. The van der Waals surface area contributed by atoms with Gasteiger partial charge in [0.25, 0.3) is 5.92 Å². The number of ether oxygens (including phenoxy) is 2. The lowest BCUT2D eigenvalue weighted by atomic mass is 10.0. The van der Waals surface area contributed by atoms with E-state index in [2.05, 4.69) is 25.7 Å². The molecule has 1 aliphatic heterocycles. The predicted octanol–water partition coefficient (Wildman–Crippen LogP) is 3.03. The summed E-state index contributed by atoms with van der Waals surface area (Å²) in [4.78, 5) is 5.91. The number of nitrogens with one attached hydrogen (secondary N) is 1. The number of anilines is 1. The highest BCUT2D eigenvalue weighted by Gasteiger charge is 2.45. The summed E-state index contributed by atoms with van der Waals surface area (Å²) in [6.45, 7) is 0.192. The molecule has 0 radical (unpaired) electrons. The van der Waals surface area contributed by atoms with Crippen LogP contribution in [0.2, 0.25) is 0 Å². The van der Waals surface area contributed by atoms with E-state index < -0.39 is 31.0 Å². The van der Waals surface area contributed by atoms with Crippen LogP contribution in [0, 0.1) is 5.82 Å². The zero-order valence-corrected chi connectivity index (χ0v) is 20.3. The van der Waals surface area contributed by atoms with Crippen LogP contribution in [-0.2, 0) is 11.3 Å². The van der Waals surface area contributed by atoms with Gasteiger partial charge in [-0.05, 0) is 24.1 Å². The second kappa shape index (κ2) is 10.1. The van der Waals surface area contributed by atoms with Gasteiger partial charge in [-0.3, -0.25) is 4.90 Å². The van der Waals surface area contributed by atoms with Gasteiger partial charge in [-0.2, -0.15) is 4.98 Å². The minimum absolute atomic E-state index is 0.00716. The Hall–Kier alpha value is -3.52. The van der Waals surface area contributed by atoms with Crippen LogP contribution in [0.4, 0.5) is 23.5 Å². The van der Waals surface area contributed by atoms with Gasteiger partial charge in [0.05, 0.1) is 50.1 Å². The highest BCUT2D eigenvalue weighted by atomic mass is 19.3. The summed E-state index contributed by atoms with van der Waals surface area (Å²) in [7, 11) is 2.88. The van der Waals surface area contributed by atoms with E-state index in [0.717, 1.165) is 6.20 Å². The molecule has 1 atom stereocenters. The molecule has 0 bridgehead atoms. The molecule has 3 aromatic heterocycles. The first kappa shape index (κ1) is 25.1. The van der Waals surface area contributed by atoms with Gasteiger partial charge in [-0.15, -0.1) is 10.2 Å². The molecule has 1 N–H and O–H groups in total. The molecule has 5 rings (SSSR count). The van der Waals surface area contributed by atoms with Crippen LogP contribution in [0.5, 0.6) is 5.88 Å². The average molecular weight is 523 g/mol. The Bertz CT molecular complexity index is 1410. The minimum atomic E-state index is -3.04. The molecule has 14 heteroatoms. The maximum atomic E-state index is 15.2. The smallest absolute Gasteiger partial charge is 0.280 e. The summed E-state index contributed by atoms with van der Waals surface area (Å²) in [6, 6.07) is 3.74. The number of methoxy groups -OCH3 is 2. The molecule has 0 aliphatic carbocycles. The van der Waals surface area contributed by atoms with Gasteiger partial charge >= 0.3 is 0 Å². The molecule has 0 unspecified atom stereocenters. The van der Waals surface area contributed by atoms with Crippen molar-refractivity contribution < 1.29 is 27.0 Å². The number of fused-ring (bicyclic) bond motifs is 2. The van der Waals surface area contributed by atoms with Gasteiger partial charge < -0.3 is 14.8 Å². The van der Waals surface area contributed by atoms with Crippen LogP contribution in [0.1, 0.15) is 6.42 Å². The van der Waals surface area contributed by atoms with Crippen molar-refractivity contribution >= 4 is 22.5 Å². The molecule has 0 amide bonds. The van der Waals surface area contributed by atoms with E-state index in [1.54, 1.807) is 23.1 Å². The number of likely N-dealkylation sites (tertiary alicyclic amines) is 1. The molecule has 0 spiro atoms. The van der Waals surface area contributed by atoms with Gasteiger partial charge in [0.15, 0.2) is 5.82 Å². The Morgan fingerprint density at radius 2 is 2.05 bits per heavy atom. The lowest BCUT2D eigenvalue weighted by molar-refractivity contribution is -0.0770. The normalized spacial score (nSPS) is 18.1. The summed E-state index contributed by atoms with van der Waals surface area (Å²) < 4.78 is 70.9. The highest BCUT2D eigenvalue weighted by Crippen LogP contribution is 2.36. The van der Waals surface area contributed by atoms with E-state index in [1.807, 2.05) is 0 Å². The Morgan fingerprint density at radius 1 is 1.22 bits per heavy atom. The standard InChI is InChI=1S/C23H26F4N8O2/c1-36-10-9-33-7-5-18(23(26,27)13-33)28-22-29-21(37-2)20-19(15(25)12-35(20)31-22)14-3-4-16-17(11-14)34(8-6-24)32-30-16/h3-4,11-12,18H,5-10,13H2,1-2H3,(H,28,31)/t18-/m1/s1. The largest absolute Gasteiger partial charge is 0.479 e. The quantitative estimate of drug-likeness (QED) is 0.336. The van der Waals surface area contributed by atoms with Crippen molar-refractivity contribution in [3.8, 4) is 17.0 Å². The van der Waals surface area contributed by atoms with Crippen LogP contribution in [-0.4, -0.2) is 93.6 Å². The number of rotatable bonds is 9. The fourth-order valence-corrected chi connectivity index (χ4v) is 4.62. The highest BCUT2D eigenvalue weighted by molar-refractivity contribution is 5.89. The van der Waals surface area contributed by atoms with Crippen molar-refractivity contribution in [2.24, 2.45) is 0 Å². The van der Waals surface area contributed by atoms with Gasteiger partial charge in [0, 0.05) is 20.2 Å². The van der Waals surface area contributed by atoms with Gasteiger partial charge in [-0.1, -0.05) is 11.3 Å². The van der Waals surface area contributed by atoms with Crippen molar-refractivity contribution in [3.63, 3.8) is 0 Å². The molecule has 10 nitrogen and oxygen atoms in total. The number of aromatic nitrogens is 6. The van der Waals surface area contributed by atoms with Crippen molar-refractivity contribution in [3.05, 3.63) is 30.2 Å². The number of nitrogens with zero attached hydrogens (tertiary/aromatic N) is 7. The lowest BCUT2D eigenvalue weighted by Gasteiger charge is -2.38. The molecule has 1 aromatic carbocycles. The fourth-order valence-electron chi connectivity index (χ4n) is 4.62. The Balaban J connectivity index is 1.48. The first-order valence-electron chi connectivity index (χ1n) is 11.7. The third kappa shape index (κ3) is 4.78. The van der Waals surface area contributed by atoms with Gasteiger partial charge in [0.2, 0.25) is 11.8 Å². The second-order valence-electron chi connectivity index (χ2n) is 8.81. The van der Waals surface area contributed by atoms with Crippen molar-refractivity contribution in [2.45, 2.75) is 24.9 Å². The van der Waals surface area contributed by atoms with Crippen LogP contribution in [0.3, 0.4) is 0 Å². The molecular formula is C23H26F4N8O2. The monoisotopic (exact) mass is 522 g/mol. The SMILES string of the molecule is COCCN1CC[C@@H](Nc2nc(OC)c3c(-c4ccc5nnn(CCF)c5c4)c(F)cn3n2)C(F)(F)C1. The van der Waals surface area contributed by atoms with Gasteiger partial charge in [-0.25, -0.2) is 26.8 Å². The van der Waals surface area contributed by atoms with E-state index in [4.69, 9.17) is 9.47 Å². The van der Waals surface area contributed by atoms with Crippen LogP contribution >= 0.6 is 0 Å². The van der Waals surface area contributed by atoms with E-state index >= 15 is 4.39 Å². The van der Waals surface area contributed by atoms with E-state index in [9.17, 15) is 13.2 Å². The summed E-state index contributed by atoms with van der Waals surface area (Å²) in [6.07, 6.45) is 1.29. The third-order valence-corrected chi connectivity index (χ3v) is 6.44. The fraction of sp³-hybridized carbons (Fsp3) is 0.478. The van der Waals surface area contributed by atoms with Crippen molar-refractivity contribution in [1.82, 2.24) is 34.5 Å². The lowest BCUT2D eigenvalue weighted by Crippen LogP contribution is -2.55. The van der Waals surface area contributed by atoms with E-state index in [-0.39, 0.29) is 35.9 Å². The topological polar surface area (TPSA) is 94.6 Å². The van der Waals surface area contributed by atoms with Crippen molar-refractivity contribution in [1.29, 1.82) is 0 Å². The van der Waals surface area contributed by atoms with Gasteiger partial charge in [0.1, 0.15) is 17.7 Å². The number of benzene rings is 1. The Morgan fingerprint density at radius 3 is 2.78 bits per heavy atom. The number of halogens is 4. The molecule has 0 saturated carbocycles. The summed E-state index contributed by atoms with van der Waals surface area (Å²) in [5.74, 6) is -3.77. The van der Waals surface area contributed by atoms with Crippen molar-refractivity contribution in [2.75, 3.05) is 52.5 Å². The molecule has 1 aliphatic rings. The summed E-state index contributed by atoms with van der Waals surface area (Å²) in [5, 5.41) is 14.9. The molecular weight excluding hydrogens is 496 g/mol. The first-order chi connectivity index (χ1) is 17.8. The van der Waals surface area contributed by atoms with E-state index in [0.29, 0.717) is 36.3 Å². The zero-order valence-electron chi connectivity index (χ0n) is 20.3. The summed E-state index contributed by atoms with van der Waals surface area (Å²) >= 11 is 0. The zero-order chi connectivity index (χ0) is 26.2. The molecule has 1 saturated heterocycles. The number of hydrogen-bond donors (Lipinski definition) is 1. The predicted molar refractivity (Wildman–Crippen MR) is 127 cm³/mol. The van der Waals surface area contributed by atoms with Crippen LogP contribution in [0.15, 0.2) is 24.4 Å². The number of aryl methyl sites for hydroxylation is 1. The number of alkyl halides is 3.